The van der Waals surface area contributed by atoms with Crippen LogP contribution in [-0.4, -0.2) is 53.0 Å². The summed E-state index contributed by atoms with van der Waals surface area (Å²) in [6.45, 7) is 4.08. The maximum Gasteiger partial charge on any atom is 0.222 e. The molecule has 1 amide bonds. The van der Waals surface area contributed by atoms with Gasteiger partial charge < -0.3 is 15.5 Å². The van der Waals surface area contributed by atoms with Crippen molar-refractivity contribution in [1.82, 2.24) is 20.2 Å². The summed E-state index contributed by atoms with van der Waals surface area (Å²) in [5, 5.41) is 6.26. The lowest BCUT2D eigenvalue weighted by atomic mass is 9.88. The molecule has 2 aliphatic rings. The lowest BCUT2D eigenvalue weighted by molar-refractivity contribution is -0.121. The SMILES string of the molecule is O=C(CCNc1ncccn1)NC1CCN(CC2CCCCC2)CC1. The van der Waals surface area contributed by atoms with E-state index in [0.29, 0.717) is 25.0 Å². The lowest BCUT2D eigenvalue weighted by Gasteiger charge is -2.35. The molecular weight excluding hydrogens is 314 g/mol. The van der Waals surface area contributed by atoms with Crippen LogP contribution in [0.4, 0.5) is 5.95 Å². The first-order chi connectivity index (χ1) is 12.3. The predicted octanol–water partition coefficient (Wildman–Crippen LogP) is 2.44. The zero-order chi connectivity index (χ0) is 17.3. The molecule has 0 spiro atoms. The third-order valence-corrected chi connectivity index (χ3v) is 5.39. The van der Waals surface area contributed by atoms with Gasteiger partial charge in [-0.2, -0.15) is 0 Å². The van der Waals surface area contributed by atoms with Gasteiger partial charge in [0.2, 0.25) is 11.9 Å². The van der Waals surface area contributed by atoms with E-state index in [9.17, 15) is 4.79 Å². The Balaban J connectivity index is 1.28. The standard InChI is InChI=1S/C19H31N5O/c25-18(7-12-22-19-20-10-4-11-21-19)23-17-8-13-24(14-9-17)15-16-5-2-1-3-6-16/h4,10-11,16-17H,1-3,5-9,12-15H2,(H,23,25)(H,20,21,22). The van der Waals surface area contributed by atoms with Crippen molar-refractivity contribution in [2.75, 3.05) is 31.5 Å². The molecule has 3 rings (SSSR count). The average Bonchev–Trinajstić information content (AvgIpc) is 2.65. The summed E-state index contributed by atoms with van der Waals surface area (Å²) in [7, 11) is 0. The Morgan fingerprint density at radius 2 is 1.80 bits per heavy atom. The summed E-state index contributed by atoms with van der Waals surface area (Å²) >= 11 is 0. The van der Waals surface area contributed by atoms with Gasteiger partial charge in [-0.05, 0) is 37.7 Å². The van der Waals surface area contributed by atoms with Crippen molar-refractivity contribution in [3.63, 3.8) is 0 Å². The van der Waals surface area contributed by atoms with Crippen LogP contribution in [0, 0.1) is 5.92 Å². The predicted molar refractivity (Wildman–Crippen MR) is 99.3 cm³/mol. The fourth-order valence-corrected chi connectivity index (χ4v) is 3.97. The minimum atomic E-state index is 0.120. The highest BCUT2D eigenvalue weighted by Crippen LogP contribution is 2.25. The number of likely N-dealkylation sites (tertiary alicyclic amines) is 1. The molecule has 1 aromatic rings. The van der Waals surface area contributed by atoms with E-state index in [0.717, 1.165) is 31.8 Å². The molecule has 1 aromatic heterocycles. The summed E-state index contributed by atoms with van der Waals surface area (Å²) in [5.41, 5.74) is 0. The molecule has 1 saturated carbocycles. The van der Waals surface area contributed by atoms with Crippen LogP contribution in [0.3, 0.4) is 0 Å². The van der Waals surface area contributed by atoms with Gasteiger partial charge >= 0.3 is 0 Å². The molecule has 0 bridgehead atoms. The summed E-state index contributed by atoms with van der Waals surface area (Å²) in [6.07, 6.45) is 13.1. The number of rotatable bonds is 7. The monoisotopic (exact) mass is 345 g/mol. The average molecular weight is 345 g/mol. The van der Waals surface area contributed by atoms with Gasteiger partial charge in [0.15, 0.2) is 0 Å². The number of aromatic nitrogens is 2. The van der Waals surface area contributed by atoms with Gasteiger partial charge in [0.05, 0.1) is 0 Å². The van der Waals surface area contributed by atoms with Crippen molar-refractivity contribution < 1.29 is 4.79 Å². The maximum absolute atomic E-state index is 12.1. The summed E-state index contributed by atoms with van der Waals surface area (Å²) < 4.78 is 0. The van der Waals surface area contributed by atoms with Gasteiger partial charge in [-0.15, -0.1) is 0 Å². The first-order valence-electron chi connectivity index (χ1n) is 9.82. The Morgan fingerprint density at radius 1 is 1.08 bits per heavy atom. The van der Waals surface area contributed by atoms with E-state index in [1.165, 1.54) is 38.6 Å². The summed E-state index contributed by atoms with van der Waals surface area (Å²) in [5.74, 6) is 1.60. The zero-order valence-corrected chi connectivity index (χ0v) is 15.1. The number of nitrogens with one attached hydrogen (secondary N) is 2. The minimum Gasteiger partial charge on any atom is -0.354 e. The number of nitrogens with zero attached hydrogens (tertiary/aromatic N) is 3. The number of amides is 1. The molecule has 0 radical (unpaired) electrons. The quantitative estimate of drug-likeness (QED) is 0.794. The Hall–Kier alpha value is -1.69. The second kappa shape index (κ2) is 9.70. The van der Waals surface area contributed by atoms with E-state index in [1.807, 2.05) is 0 Å². The van der Waals surface area contributed by atoms with Crippen LogP contribution >= 0.6 is 0 Å². The van der Waals surface area contributed by atoms with Gasteiger partial charge in [-0.3, -0.25) is 4.79 Å². The second-order valence-electron chi connectivity index (χ2n) is 7.40. The van der Waals surface area contributed by atoms with Crippen molar-refractivity contribution in [1.29, 1.82) is 0 Å². The van der Waals surface area contributed by atoms with Crippen molar-refractivity contribution >= 4 is 11.9 Å². The molecule has 2 N–H and O–H groups in total. The molecule has 0 unspecified atom stereocenters. The van der Waals surface area contributed by atoms with E-state index in [4.69, 9.17) is 0 Å². The highest BCUT2D eigenvalue weighted by Gasteiger charge is 2.23. The van der Waals surface area contributed by atoms with E-state index in [-0.39, 0.29) is 5.91 Å². The molecule has 0 aromatic carbocycles. The summed E-state index contributed by atoms with van der Waals surface area (Å²) in [4.78, 5) is 22.9. The Labute approximate surface area is 150 Å². The molecule has 1 aliphatic heterocycles. The van der Waals surface area contributed by atoms with Crippen LogP contribution in [0.5, 0.6) is 0 Å². The van der Waals surface area contributed by atoms with Crippen LogP contribution in [0.1, 0.15) is 51.4 Å². The van der Waals surface area contributed by atoms with Gasteiger partial charge in [0.1, 0.15) is 0 Å². The van der Waals surface area contributed by atoms with Crippen LogP contribution in [0.15, 0.2) is 18.5 Å². The third kappa shape index (κ3) is 6.27. The van der Waals surface area contributed by atoms with E-state index >= 15 is 0 Å². The number of carbonyl (C=O) groups excluding carboxylic acids is 1. The Bertz CT molecular complexity index is 510. The molecular formula is C19H31N5O. The van der Waals surface area contributed by atoms with Gasteiger partial charge in [0.25, 0.3) is 0 Å². The fraction of sp³-hybridized carbons (Fsp3) is 0.737. The van der Waals surface area contributed by atoms with Crippen LogP contribution < -0.4 is 10.6 Å². The molecule has 6 heteroatoms. The maximum atomic E-state index is 12.1. The molecule has 138 valence electrons. The van der Waals surface area contributed by atoms with Crippen molar-refractivity contribution in [3.05, 3.63) is 18.5 Å². The van der Waals surface area contributed by atoms with Crippen molar-refractivity contribution in [2.45, 2.75) is 57.4 Å². The van der Waals surface area contributed by atoms with Gasteiger partial charge in [-0.1, -0.05) is 19.3 Å². The fourth-order valence-electron chi connectivity index (χ4n) is 3.97. The first-order valence-corrected chi connectivity index (χ1v) is 9.82. The lowest BCUT2D eigenvalue weighted by Crippen LogP contribution is -2.46. The van der Waals surface area contributed by atoms with Crippen molar-refractivity contribution in [3.8, 4) is 0 Å². The highest BCUT2D eigenvalue weighted by atomic mass is 16.1. The van der Waals surface area contributed by atoms with Crippen LogP contribution in [0.25, 0.3) is 0 Å². The summed E-state index contributed by atoms with van der Waals surface area (Å²) in [6, 6.07) is 2.11. The Morgan fingerprint density at radius 3 is 2.52 bits per heavy atom. The van der Waals surface area contributed by atoms with Crippen molar-refractivity contribution in [2.24, 2.45) is 5.92 Å². The Kier molecular flexibility index (Phi) is 7.03. The highest BCUT2D eigenvalue weighted by molar-refractivity contribution is 5.76. The van der Waals surface area contributed by atoms with E-state index in [2.05, 4.69) is 25.5 Å². The third-order valence-electron chi connectivity index (χ3n) is 5.39. The number of hydrogen-bond acceptors (Lipinski definition) is 5. The number of piperidine rings is 1. The first kappa shape index (κ1) is 18.1. The van der Waals surface area contributed by atoms with Gasteiger partial charge in [-0.25, -0.2) is 9.97 Å². The van der Waals surface area contributed by atoms with E-state index in [1.54, 1.807) is 18.5 Å². The normalized spacial score (nSPS) is 20.3. The molecule has 1 saturated heterocycles. The molecule has 1 aliphatic carbocycles. The minimum absolute atomic E-state index is 0.120. The number of carbonyl (C=O) groups is 1. The van der Waals surface area contributed by atoms with Crippen LogP contribution in [-0.2, 0) is 4.79 Å². The molecule has 0 atom stereocenters. The number of anilines is 1. The molecule has 6 nitrogen and oxygen atoms in total. The number of hydrogen-bond donors (Lipinski definition) is 2. The molecule has 2 fully saturated rings. The topological polar surface area (TPSA) is 70.1 Å². The zero-order valence-electron chi connectivity index (χ0n) is 15.1. The van der Waals surface area contributed by atoms with Gasteiger partial charge in [0, 0.05) is 51.0 Å². The molecule has 2 heterocycles. The molecule has 25 heavy (non-hydrogen) atoms. The van der Waals surface area contributed by atoms with Crippen LogP contribution in [0.2, 0.25) is 0 Å². The largest absolute Gasteiger partial charge is 0.354 e. The smallest absolute Gasteiger partial charge is 0.222 e. The van der Waals surface area contributed by atoms with E-state index < -0.39 is 0 Å². The second-order valence-corrected chi connectivity index (χ2v) is 7.40.